The van der Waals surface area contributed by atoms with E-state index in [1.807, 2.05) is 0 Å². The molecule has 0 amide bonds. The van der Waals surface area contributed by atoms with Gasteiger partial charge in [0.1, 0.15) is 0 Å². The van der Waals surface area contributed by atoms with Crippen LogP contribution in [0.5, 0.6) is 0 Å². The van der Waals surface area contributed by atoms with Crippen LogP contribution in [0, 0.1) is 19.9 Å². The van der Waals surface area contributed by atoms with Crippen LogP contribution in [0.4, 0.5) is 0 Å². The van der Waals surface area contributed by atoms with E-state index in [0.717, 1.165) is 11.4 Å². The zero-order valence-corrected chi connectivity index (χ0v) is 21.6. The molecule has 1 saturated carbocycles. The maximum atomic E-state index is 10.0. The first-order valence-corrected chi connectivity index (χ1v) is 11.1. The predicted molar refractivity (Wildman–Crippen MR) is 127 cm³/mol. The third-order valence-electron chi connectivity index (χ3n) is 6.33. The Hall–Kier alpha value is -2.29. The van der Waals surface area contributed by atoms with Gasteiger partial charge in [-0.25, -0.2) is 0 Å². The Morgan fingerprint density at radius 2 is 1.66 bits per heavy atom. The van der Waals surface area contributed by atoms with Crippen molar-refractivity contribution in [3.05, 3.63) is 76.6 Å². The Morgan fingerprint density at radius 1 is 1.03 bits per heavy atom. The van der Waals surface area contributed by atoms with Gasteiger partial charge in [-0.2, -0.15) is 0 Å². The van der Waals surface area contributed by atoms with E-state index in [2.05, 4.69) is 56.3 Å². The second kappa shape index (κ2) is 10.1. The van der Waals surface area contributed by atoms with Gasteiger partial charge in [0.2, 0.25) is 0 Å². The Kier molecular flexibility index (Phi) is 7.69. The molecule has 1 radical (unpaired) electrons. The van der Waals surface area contributed by atoms with Crippen molar-refractivity contribution < 1.29 is 30.0 Å². The fraction of sp³-hybridized carbons (Fsp3) is 0.357. The molecule has 2 bridgehead atoms. The summed E-state index contributed by atoms with van der Waals surface area (Å²) < 4.78 is 0. The third-order valence-corrected chi connectivity index (χ3v) is 6.33. The summed E-state index contributed by atoms with van der Waals surface area (Å²) in [6, 6.07) is 16.7. The molecule has 6 rings (SSSR count). The van der Waals surface area contributed by atoms with E-state index in [-0.39, 0.29) is 31.6 Å². The molecule has 3 nitrogen and oxygen atoms in total. The molecule has 1 heterocycles. The normalized spacial score (nSPS) is 18.9. The van der Waals surface area contributed by atoms with Crippen molar-refractivity contribution >= 4 is 16.7 Å². The van der Waals surface area contributed by atoms with Crippen LogP contribution in [0.2, 0.25) is 0 Å². The number of allylic oxidation sites excluding steroid dienone is 2. The number of hydrogen-bond acceptors (Lipinski definition) is 3. The van der Waals surface area contributed by atoms with E-state index < -0.39 is 0 Å². The molecule has 2 aromatic carbocycles. The van der Waals surface area contributed by atoms with Crippen molar-refractivity contribution in [2.45, 2.75) is 65.2 Å². The molecule has 0 unspecified atom stereocenters. The van der Waals surface area contributed by atoms with Gasteiger partial charge >= 0.3 is 0 Å². The van der Waals surface area contributed by atoms with Crippen molar-refractivity contribution in [1.29, 1.82) is 0 Å². The summed E-state index contributed by atoms with van der Waals surface area (Å²) >= 11 is 0. The van der Waals surface area contributed by atoms with Crippen molar-refractivity contribution in [3.8, 4) is 11.3 Å². The number of rotatable bonds is 2. The summed E-state index contributed by atoms with van der Waals surface area (Å²) in [5.41, 5.74) is 9.17. The molecule has 0 aliphatic heterocycles. The number of aromatic nitrogens is 1. The Morgan fingerprint density at radius 3 is 2.22 bits per heavy atom. The molecule has 3 aromatic rings. The number of aliphatic hydroxyl groups is 1. The molecular formula is C28H30IrNO2-. The van der Waals surface area contributed by atoms with Crippen molar-refractivity contribution in [2.75, 3.05) is 0 Å². The zero-order valence-electron chi connectivity index (χ0n) is 19.2. The summed E-state index contributed by atoms with van der Waals surface area (Å²) in [6.07, 6.45) is 6.52. The monoisotopic (exact) mass is 605 g/mol. The van der Waals surface area contributed by atoms with E-state index in [4.69, 9.17) is 10.1 Å². The van der Waals surface area contributed by atoms with Crippen LogP contribution in [0.25, 0.3) is 22.2 Å². The van der Waals surface area contributed by atoms with E-state index >= 15 is 0 Å². The second-order valence-corrected chi connectivity index (χ2v) is 9.00. The van der Waals surface area contributed by atoms with Crippen LogP contribution in [0.15, 0.2) is 48.2 Å². The van der Waals surface area contributed by atoms with Gasteiger partial charge < -0.3 is 5.11 Å². The number of benzene rings is 2. The predicted octanol–water partition coefficient (Wildman–Crippen LogP) is 7.11. The molecule has 3 aliphatic carbocycles. The minimum absolute atomic E-state index is 0. The molecule has 1 N–H and O–H groups in total. The van der Waals surface area contributed by atoms with Gasteiger partial charge in [-0.05, 0) is 68.7 Å². The molecule has 1 aromatic heterocycles. The number of pyridine rings is 1. The first kappa shape index (κ1) is 24.4. The zero-order chi connectivity index (χ0) is 22.1. The number of para-hydroxylation sites is 1. The van der Waals surface area contributed by atoms with Crippen LogP contribution in [0.1, 0.15) is 73.6 Å². The maximum absolute atomic E-state index is 10.0. The molecule has 4 heteroatoms. The van der Waals surface area contributed by atoms with Gasteiger partial charge in [0, 0.05) is 31.6 Å². The van der Waals surface area contributed by atoms with Gasteiger partial charge in [-0.1, -0.05) is 37.6 Å². The fourth-order valence-corrected chi connectivity index (χ4v) is 5.30. The summed E-state index contributed by atoms with van der Waals surface area (Å²) in [5, 5.41) is 9.75. The number of carbonyl (C=O) groups excluding carboxylic acids is 1. The maximum Gasteiger partial charge on any atom is 0.155 e. The SMILES string of the molecule is CC(=O)C=C(C)O.Cc1[c-]c(-c2nc3ccccc3c3c2C2CCC3CC2)cc(C)c1.[Ir]. The Bertz CT molecular complexity index is 1150. The van der Waals surface area contributed by atoms with Gasteiger partial charge in [-0.3, -0.25) is 9.78 Å². The van der Waals surface area contributed by atoms with E-state index in [1.54, 1.807) is 5.56 Å². The standard InChI is InChI=1S/C23H22N.C5H8O2.Ir/c1-14-11-15(2)13-18(12-14)23-22-17-9-7-16(8-10-17)21(22)19-5-3-4-6-20(19)24-23;1-4(6)3-5(2)7;/h3-6,11-12,16-17H,7-10H2,1-2H3;3,6H,1-2H3;/q-1;;. The summed E-state index contributed by atoms with van der Waals surface area (Å²) in [5.74, 6) is 1.35. The first-order valence-electron chi connectivity index (χ1n) is 11.1. The van der Waals surface area contributed by atoms with Crippen LogP contribution < -0.4 is 0 Å². The number of aliphatic hydroxyl groups excluding tert-OH is 1. The quantitative estimate of drug-likeness (QED) is 0.193. The largest absolute Gasteiger partial charge is 0.512 e. The molecule has 1 fully saturated rings. The van der Waals surface area contributed by atoms with Gasteiger partial charge in [0.05, 0.1) is 11.3 Å². The van der Waals surface area contributed by atoms with Gasteiger partial charge in [-0.15, -0.1) is 34.9 Å². The molecular weight excluding hydrogens is 575 g/mol. The number of ketones is 1. The van der Waals surface area contributed by atoms with Gasteiger partial charge in [0.15, 0.2) is 5.78 Å². The van der Waals surface area contributed by atoms with Crippen LogP contribution in [-0.2, 0) is 24.9 Å². The summed E-state index contributed by atoms with van der Waals surface area (Å²) in [7, 11) is 0. The number of hydrogen-bond donors (Lipinski definition) is 1. The van der Waals surface area contributed by atoms with Crippen molar-refractivity contribution in [3.63, 3.8) is 0 Å². The van der Waals surface area contributed by atoms with E-state index in [0.29, 0.717) is 5.92 Å². The topological polar surface area (TPSA) is 50.2 Å². The van der Waals surface area contributed by atoms with Crippen molar-refractivity contribution in [2.24, 2.45) is 0 Å². The molecule has 3 aliphatic rings. The minimum atomic E-state index is -0.125. The molecule has 169 valence electrons. The van der Waals surface area contributed by atoms with Crippen LogP contribution in [0.3, 0.4) is 0 Å². The molecule has 0 spiro atoms. The smallest absolute Gasteiger partial charge is 0.155 e. The minimum Gasteiger partial charge on any atom is -0.512 e. The average Bonchev–Trinajstić information content (AvgIpc) is 2.72. The van der Waals surface area contributed by atoms with E-state index in [9.17, 15) is 4.79 Å². The number of fused-ring (bicyclic) bond motifs is 3. The fourth-order valence-electron chi connectivity index (χ4n) is 5.30. The summed E-state index contributed by atoms with van der Waals surface area (Å²) in [4.78, 5) is 15.1. The Balaban J connectivity index is 0.000000318. The number of nitrogens with zero attached hydrogens (tertiary/aromatic N) is 1. The number of carbonyl (C=O) groups is 1. The average molecular weight is 605 g/mol. The molecule has 0 saturated heterocycles. The van der Waals surface area contributed by atoms with Crippen molar-refractivity contribution in [1.82, 2.24) is 4.98 Å². The number of aryl methyl sites for hydroxylation is 2. The summed E-state index contributed by atoms with van der Waals surface area (Å²) in [6.45, 7) is 7.15. The second-order valence-electron chi connectivity index (χ2n) is 9.00. The van der Waals surface area contributed by atoms with Gasteiger partial charge in [0.25, 0.3) is 0 Å². The third kappa shape index (κ3) is 5.03. The molecule has 32 heavy (non-hydrogen) atoms. The Labute approximate surface area is 204 Å². The first-order chi connectivity index (χ1) is 14.8. The van der Waals surface area contributed by atoms with E-state index in [1.165, 1.54) is 78.9 Å². The molecule has 0 atom stereocenters. The van der Waals surface area contributed by atoms with Crippen LogP contribution in [-0.4, -0.2) is 15.9 Å². The van der Waals surface area contributed by atoms with Crippen LogP contribution >= 0.6 is 0 Å².